The number of amidine groups is 1. The van der Waals surface area contributed by atoms with E-state index in [2.05, 4.69) is 90.3 Å². The minimum atomic E-state index is 0.181. The van der Waals surface area contributed by atoms with Crippen molar-refractivity contribution >= 4 is 28.5 Å². The minimum absolute atomic E-state index is 0.181. The number of anilines is 1. The number of benzene rings is 2. The van der Waals surface area contributed by atoms with Crippen molar-refractivity contribution < 1.29 is 0 Å². The Balaban J connectivity index is 1.71. The van der Waals surface area contributed by atoms with Gasteiger partial charge in [-0.05, 0) is 31.0 Å². The van der Waals surface area contributed by atoms with Crippen molar-refractivity contribution in [3.8, 4) is 0 Å². The number of rotatable bonds is 1. The molecule has 0 bridgehead atoms. The molecule has 2 unspecified atom stereocenters. The zero-order valence-corrected chi connectivity index (χ0v) is 15.3. The Kier molecular flexibility index (Phi) is 3.49. The number of hydrogen-bond donors (Lipinski definition) is 0. The number of para-hydroxylation sites is 2. The Morgan fingerprint density at radius 2 is 1.85 bits per heavy atom. The van der Waals surface area contributed by atoms with Crippen LogP contribution in [0.4, 0.5) is 5.69 Å². The lowest BCUT2D eigenvalue weighted by Crippen LogP contribution is -2.35. The standard InChI is InChI=1S/C23H23N3/c1-16-11-14-23(24-16)26-20-9-5-3-7-17(20)12-13-22(26)19-15-25(2)21-10-6-4-8-18(19)21/h3-10,12-13,15-16,22H,11,14H2,1-2H3. The number of aryl methyl sites for hydroxylation is 1. The van der Waals surface area contributed by atoms with Crippen LogP contribution >= 0.6 is 0 Å². The van der Waals surface area contributed by atoms with Gasteiger partial charge in [-0.3, -0.25) is 4.99 Å². The molecule has 0 radical (unpaired) electrons. The van der Waals surface area contributed by atoms with Crippen LogP contribution in [0.5, 0.6) is 0 Å². The fourth-order valence-electron chi connectivity index (χ4n) is 4.33. The van der Waals surface area contributed by atoms with Gasteiger partial charge in [0, 0.05) is 42.2 Å². The average Bonchev–Trinajstić information content (AvgIpc) is 3.24. The van der Waals surface area contributed by atoms with Crippen LogP contribution in [0.2, 0.25) is 0 Å². The molecule has 3 heteroatoms. The van der Waals surface area contributed by atoms with E-state index in [1.54, 1.807) is 0 Å². The molecule has 0 N–H and O–H groups in total. The van der Waals surface area contributed by atoms with Crippen LogP contribution in [0.3, 0.4) is 0 Å². The van der Waals surface area contributed by atoms with Crippen LogP contribution < -0.4 is 4.90 Å². The van der Waals surface area contributed by atoms with E-state index in [1.165, 1.54) is 33.6 Å². The summed E-state index contributed by atoms with van der Waals surface area (Å²) in [6.07, 6.45) is 9.05. The predicted octanol–water partition coefficient (Wildman–Crippen LogP) is 5.33. The molecule has 3 aromatic rings. The quantitative estimate of drug-likeness (QED) is 0.585. The van der Waals surface area contributed by atoms with Gasteiger partial charge in [-0.15, -0.1) is 0 Å². The molecular formula is C23H23N3. The fraction of sp³-hybridized carbons (Fsp3) is 0.261. The predicted molar refractivity (Wildman–Crippen MR) is 110 cm³/mol. The number of nitrogens with zero attached hydrogens (tertiary/aromatic N) is 3. The van der Waals surface area contributed by atoms with Gasteiger partial charge in [0.25, 0.3) is 0 Å². The maximum Gasteiger partial charge on any atom is 0.105 e. The van der Waals surface area contributed by atoms with E-state index in [9.17, 15) is 0 Å². The van der Waals surface area contributed by atoms with Crippen LogP contribution in [0.1, 0.15) is 36.9 Å². The average molecular weight is 341 g/mol. The SMILES string of the molecule is CC1CCC(N2c3ccccc3C=CC2c2cn(C)c3ccccc23)=N1. The molecule has 3 nitrogen and oxygen atoms in total. The zero-order valence-electron chi connectivity index (χ0n) is 15.3. The van der Waals surface area contributed by atoms with Crippen LogP contribution in [-0.2, 0) is 7.05 Å². The first kappa shape index (κ1) is 15.4. The molecule has 2 atom stereocenters. The van der Waals surface area contributed by atoms with E-state index in [1.807, 2.05) is 0 Å². The van der Waals surface area contributed by atoms with E-state index in [0.717, 1.165) is 12.8 Å². The maximum absolute atomic E-state index is 4.98. The van der Waals surface area contributed by atoms with Gasteiger partial charge in [0.15, 0.2) is 0 Å². The van der Waals surface area contributed by atoms with E-state index in [-0.39, 0.29) is 6.04 Å². The number of aromatic nitrogens is 1. The van der Waals surface area contributed by atoms with Gasteiger partial charge in [0.2, 0.25) is 0 Å². The summed E-state index contributed by atoms with van der Waals surface area (Å²) >= 11 is 0. The highest BCUT2D eigenvalue weighted by molar-refractivity contribution is 6.03. The molecule has 2 aliphatic heterocycles. The fourth-order valence-corrected chi connectivity index (χ4v) is 4.33. The van der Waals surface area contributed by atoms with Gasteiger partial charge in [-0.25, -0.2) is 0 Å². The summed E-state index contributed by atoms with van der Waals surface area (Å²) in [4.78, 5) is 7.43. The highest BCUT2D eigenvalue weighted by atomic mass is 15.2. The highest BCUT2D eigenvalue weighted by Gasteiger charge is 2.31. The van der Waals surface area contributed by atoms with Crippen molar-refractivity contribution in [3.63, 3.8) is 0 Å². The summed E-state index contributed by atoms with van der Waals surface area (Å²) in [6.45, 7) is 2.21. The van der Waals surface area contributed by atoms with Gasteiger partial charge in [-0.1, -0.05) is 48.6 Å². The summed E-state index contributed by atoms with van der Waals surface area (Å²) < 4.78 is 2.23. The van der Waals surface area contributed by atoms with Crippen LogP contribution in [0.15, 0.2) is 65.8 Å². The second kappa shape index (κ2) is 5.87. The molecule has 0 aliphatic carbocycles. The Hall–Kier alpha value is -2.81. The van der Waals surface area contributed by atoms with Gasteiger partial charge in [-0.2, -0.15) is 0 Å². The Morgan fingerprint density at radius 3 is 2.69 bits per heavy atom. The minimum Gasteiger partial charge on any atom is -0.350 e. The monoisotopic (exact) mass is 341 g/mol. The number of aliphatic imine (C=N–C) groups is 1. The van der Waals surface area contributed by atoms with Crippen molar-refractivity contribution in [3.05, 3.63) is 71.9 Å². The molecule has 0 saturated heterocycles. The summed E-state index contributed by atoms with van der Waals surface area (Å²) in [6, 6.07) is 17.9. The smallest absolute Gasteiger partial charge is 0.105 e. The highest BCUT2D eigenvalue weighted by Crippen LogP contribution is 2.41. The molecule has 2 aliphatic rings. The van der Waals surface area contributed by atoms with Gasteiger partial charge in [0.1, 0.15) is 5.84 Å². The van der Waals surface area contributed by atoms with Gasteiger partial charge in [0.05, 0.1) is 11.7 Å². The summed E-state index contributed by atoms with van der Waals surface area (Å²) in [5.41, 5.74) is 5.15. The topological polar surface area (TPSA) is 20.5 Å². The summed E-state index contributed by atoms with van der Waals surface area (Å²) in [5.74, 6) is 1.22. The molecule has 130 valence electrons. The molecule has 0 saturated carbocycles. The van der Waals surface area contributed by atoms with Crippen molar-refractivity contribution in [1.29, 1.82) is 0 Å². The Morgan fingerprint density at radius 1 is 1.04 bits per heavy atom. The molecule has 3 heterocycles. The van der Waals surface area contributed by atoms with Crippen molar-refractivity contribution in [2.24, 2.45) is 12.0 Å². The van der Waals surface area contributed by atoms with Gasteiger partial charge >= 0.3 is 0 Å². The van der Waals surface area contributed by atoms with E-state index >= 15 is 0 Å². The third kappa shape index (κ3) is 2.31. The first-order valence-corrected chi connectivity index (χ1v) is 9.39. The van der Waals surface area contributed by atoms with E-state index in [4.69, 9.17) is 4.99 Å². The summed E-state index contributed by atoms with van der Waals surface area (Å²) in [7, 11) is 2.13. The van der Waals surface area contributed by atoms with Crippen molar-refractivity contribution in [2.45, 2.75) is 31.8 Å². The lowest BCUT2D eigenvalue weighted by molar-refractivity contribution is 0.738. The first-order chi connectivity index (χ1) is 12.7. The molecule has 0 amide bonds. The second-order valence-corrected chi connectivity index (χ2v) is 7.38. The van der Waals surface area contributed by atoms with Crippen LogP contribution in [-0.4, -0.2) is 16.4 Å². The largest absolute Gasteiger partial charge is 0.350 e. The normalized spacial score (nSPS) is 21.9. The first-order valence-electron chi connectivity index (χ1n) is 9.39. The molecule has 0 fully saturated rings. The Bertz CT molecular complexity index is 1040. The van der Waals surface area contributed by atoms with Crippen LogP contribution in [0, 0.1) is 0 Å². The second-order valence-electron chi connectivity index (χ2n) is 7.38. The zero-order chi connectivity index (χ0) is 17.7. The molecule has 1 aromatic heterocycles. The third-order valence-electron chi connectivity index (χ3n) is 5.61. The number of hydrogen-bond acceptors (Lipinski definition) is 2. The van der Waals surface area contributed by atoms with E-state index in [0.29, 0.717) is 6.04 Å². The van der Waals surface area contributed by atoms with Crippen molar-refractivity contribution in [2.75, 3.05) is 4.90 Å². The van der Waals surface area contributed by atoms with Crippen molar-refractivity contribution in [1.82, 2.24) is 4.57 Å². The molecular weight excluding hydrogens is 318 g/mol. The van der Waals surface area contributed by atoms with E-state index < -0.39 is 0 Å². The number of fused-ring (bicyclic) bond motifs is 2. The maximum atomic E-state index is 4.98. The lowest BCUT2D eigenvalue weighted by Gasteiger charge is -2.35. The van der Waals surface area contributed by atoms with Gasteiger partial charge < -0.3 is 9.47 Å². The Labute approximate surface area is 154 Å². The molecule has 2 aromatic carbocycles. The lowest BCUT2D eigenvalue weighted by atomic mass is 9.96. The third-order valence-corrected chi connectivity index (χ3v) is 5.61. The molecule has 0 spiro atoms. The van der Waals surface area contributed by atoms with Crippen LogP contribution in [0.25, 0.3) is 17.0 Å². The summed E-state index contributed by atoms with van der Waals surface area (Å²) in [5, 5.41) is 1.32. The molecule has 5 rings (SSSR count). The molecule has 26 heavy (non-hydrogen) atoms.